The number of fused-ring (bicyclic) bond motifs is 11. The fourth-order valence-electron chi connectivity index (χ4n) is 6.92. The molecule has 0 fully saturated rings. The van der Waals surface area contributed by atoms with E-state index in [2.05, 4.69) is 133 Å². The number of hydrogen-bond acceptors (Lipinski definition) is 0. The van der Waals surface area contributed by atoms with Crippen LogP contribution < -0.4 is 0 Å². The molecule has 0 bridgehead atoms. The Hall–Kier alpha value is -4.30. The van der Waals surface area contributed by atoms with E-state index < -0.39 is 0 Å². The van der Waals surface area contributed by atoms with Crippen molar-refractivity contribution in [3.8, 4) is 16.8 Å². The molecule has 8 rings (SSSR count). The second kappa shape index (κ2) is 6.67. The van der Waals surface area contributed by atoms with Gasteiger partial charge < -0.3 is 9.13 Å². The van der Waals surface area contributed by atoms with Gasteiger partial charge in [-0.15, -0.1) is 0 Å². The van der Waals surface area contributed by atoms with E-state index in [0.717, 1.165) is 0 Å². The lowest BCUT2D eigenvalue weighted by Crippen LogP contribution is -2.14. The zero-order chi connectivity index (χ0) is 24.2. The van der Waals surface area contributed by atoms with Crippen molar-refractivity contribution in [2.75, 3.05) is 0 Å². The first kappa shape index (κ1) is 19.9. The first-order chi connectivity index (χ1) is 17.6. The minimum absolute atomic E-state index is 0.00474. The molecule has 0 saturated carbocycles. The Labute approximate surface area is 210 Å². The van der Waals surface area contributed by atoms with E-state index in [1.165, 1.54) is 71.6 Å². The minimum atomic E-state index is -0.00474. The Morgan fingerprint density at radius 3 is 2.11 bits per heavy atom. The van der Waals surface area contributed by atoms with Gasteiger partial charge in [-0.2, -0.15) is 0 Å². The Bertz CT molecular complexity index is 2020. The minimum Gasteiger partial charge on any atom is -0.343 e. The van der Waals surface area contributed by atoms with Crippen LogP contribution in [0.25, 0.3) is 60.4 Å². The summed E-state index contributed by atoms with van der Waals surface area (Å²) in [5.74, 6) is 0. The molecular weight excluding hydrogens is 436 g/mol. The fraction of sp³-hybridized carbons (Fsp3) is 0.118. The largest absolute Gasteiger partial charge is 0.343 e. The van der Waals surface area contributed by atoms with Crippen LogP contribution in [0.5, 0.6) is 0 Å². The highest BCUT2D eigenvalue weighted by molar-refractivity contribution is 6.27. The zero-order valence-electron chi connectivity index (χ0n) is 20.7. The summed E-state index contributed by atoms with van der Waals surface area (Å²) in [5.41, 5.74) is 11.9. The maximum absolute atomic E-state index is 2.46. The molecule has 0 saturated heterocycles. The van der Waals surface area contributed by atoms with E-state index in [1.807, 2.05) is 0 Å². The maximum atomic E-state index is 2.46. The molecule has 2 heteroatoms. The van der Waals surface area contributed by atoms with Crippen LogP contribution in [-0.4, -0.2) is 9.13 Å². The lowest BCUT2D eigenvalue weighted by atomic mass is 9.82. The Morgan fingerprint density at radius 2 is 1.25 bits per heavy atom. The smallest absolute Gasteiger partial charge is 0.0590 e. The summed E-state index contributed by atoms with van der Waals surface area (Å²) in [4.78, 5) is 0. The highest BCUT2D eigenvalue weighted by atomic mass is 15.0. The number of aromatic nitrogens is 2. The predicted octanol–water partition coefficient (Wildman–Crippen LogP) is 8.73. The highest BCUT2D eigenvalue weighted by Crippen LogP contribution is 2.52. The summed E-state index contributed by atoms with van der Waals surface area (Å²) in [6, 6.07) is 37.9. The van der Waals surface area contributed by atoms with Gasteiger partial charge in [0.05, 0.1) is 22.1 Å². The van der Waals surface area contributed by atoms with Gasteiger partial charge in [0.15, 0.2) is 0 Å². The summed E-state index contributed by atoms with van der Waals surface area (Å²) in [6.07, 6.45) is 0. The number of aryl methyl sites for hydroxylation is 1. The van der Waals surface area contributed by atoms with Crippen LogP contribution in [-0.2, 0) is 12.5 Å². The average molecular weight is 463 g/mol. The monoisotopic (exact) mass is 462 g/mol. The van der Waals surface area contributed by atoms with Gasteiger partial charge in [-0.05, 0) is 41.0 Å². The molecule has 2 aromatic heterocycles. The summed E-state index contributed by atoms with van der Waals surface area (Å²) >= 11 is 0. The van der Waals surface area contributed by atoms with Crippen molar-refractivity contribution in [2.45, 2.75) is 19.3 Å². The Balaban J connectivity index is 1.59. The van der Waals surface area contributed by atoms with E-state index in [4.69, 9.17) is 0 Å². The van der Waals surface area contributed by atoms with Crippen LogP contribution in [0.15, 0.2) is 103 Å². The van der Waals surface area contributed by atoms with Crippen molar-refractivity contribution >= 4 is 43.6 Å². The number of nitrogens with zero attached hydrogens (tertiary/aromatic N) is 2. The quantitative estimate of drug-likeness (QED) is 0.231. The molecule has 7 aromatic rings. The first-order valence-corrected chi connectivity index (χ1v) is 12.7. The van der Waals surface area contributed by atoms with Gasteiger partial charge in [-0.1, -0.05) is 92.7 Å². The van der Waals surface area contributed by atoms with E-state index in [9.17, 15) is 0 Å². The summed E-state index contributed by atoms with van der Waals surface area (Å²) < 4.78 is 4.87. The summed E-state index contributed by atoms with van der Waals surface area (Å²) in [5, 5.41) is 5.27. The van der Waals surface area contributed by atoms with Gasteiger partial charge in [0, 0.05) is 45.3 Å². The molecule has 0 amide bonds. The number of benzene rings is 5. The number of rotatable bonds is 1. The molecule has 2 heterocycles. The Morgan fingerprint density at radius 1 is 0.556 bits per heavy atom. The van der Waals surface area contributed by atoms with E-state index in [-0.39, 0.29) is 5.41 Å². The van der Waals surface area contributed by atoms with Crippen LogP contribution in [0, 0.1) is 0 Å². The van der Waals surface area contributed by atoms with Crippen molar-refractivity contribution in [2.24, 2.45) is 7.05 Å². The normalized spacial score (nSPS) is 14.2. The third-order valence-electron chi connectivity index (χ3n) is 8.51. The summed E-state index contributed by atoms with van der Waals surface area (Å²) in [6.45, 7) is 4.72. The highest BCUT2D eigenvalue weighted by Gasteiger charge is 2.37. The third kappa shape index (κ3) is 2.27. The van der Waals surface area contributed by atoms with Gasteiger partial charge >= 0.3 is 0 Å². The van der Waals surface area contributed by atoms with Crippen molar-refractivity contribution in [3.05, 3.63) is 114 Å². The predicted molar refractivity (Wildman–Crippen MR) is 152 cm³/mol. The lowest BCUT2D eigenvalue weighted by molar-refractivity contribution is 0.660. The second-order valence-corrected chi connectivity index (χ2v) is 10.7. The van der Waals surface area contributed by atoms with Gasteiger partial charge in [-0.3, -0.25) is 0 Å². The fourth-order valence-corrected chi connectivity index (χ4v) is 6.92. The molecule has 0 atom stereocenters. The molecule has 1 aliphatic rings. The number of para-hydroxylation sites is 2. The van der Waals surface area contributed by atoms with Crippen LogP contribution in [0.1, 0.15) is 25.0 Å². The number of hydrogen-bond donors (Lipinski definition) is 0. The standard InChI is InChI=1S/C34H26N2/c1-34(2)26-15-9-7-13-24(26)30-27(34)19-17-22-23-18-20-29-31(33(23)35(3)32(22)30)25-14-8-10-16-28(25)36(29)21-11-5-4-6-12-21/h4-20H,1-3H3. The zero-order valence-corrected chi connectivity index (χ0v) is 20.7. The molecule has 0 unspecified atom stereocenters. The van der Waals surface area contributed by atoms with Gasteiger partial charge in [-0.25, -0.2) is 0 Å². The van der Waals surface area contributed by atoms with Crippen LogP contribution in [0.4, 0.5) is 0 Å². The molecule has 2 nitrogen and oxygen atoms in total. The third-order valence-corrected chi connectivity index (χ3v) is 8.51. The topological polar surface area (TPSA) is 9.86 Å². The van der Waals surface area contributed by atoms with Gasteiger partial charge in [0.1, 0.15) is 0 Å². The molecule has 0 aliphatic heterocycles. The van der Waals surface area contributed by atoms with E-state index in [1.54, 1.807) is 0 Å². The van der Waals surface area contributed by atoms with Crippen LogP contribution in [0.3, 0.4) is 0 Å². The molecule has 36 heavy (non-hydrogen) atoms. The molecule has 1 aliphatic carbocycles. The van der Waals surface area contributed by atoms with Crippen LogP contribution >= 0.6 is 0 Å². The average Bonchev–Trinajstić information content (AvgIpc) is 3.48. The second-order valence-electron chi connectivity index (χ2n) is 10.7. The Kier molecular flexibility index (Phi) is 3.70. The van der Waals surface area contributed by atoms with E-state index in [0.29, 0.717) is 0 Å². The SMILES string of the molecule is Cn1c2c3c(ccc2c2ccc4c(c5ccccc5n4-c4ccccc4)c21)C(C)(C)c1ccccc1-3. The van der Waals surface area contributed by atoms with Crippen molar-refractivity contribution in [1.29, 1.82) is 0 Å². The molecule has 5 aromatic carbocycles. The van der Waals surface area contributed by atoms with Gasteiger partial charge in [0.2, 0.25) is 0 Å². The maximum Gasteiger partial charge on any atom is 0.0590 e. The van der Waals surface area contributed by atoms with E-state index >= 15 is 0 Å². The summed E-state index contributed by atoms with van der Waals surface area (Å²) in [7, 11) is 2.26. The van der Waals surface area contributed by atoms with Crippen molar-refractivity contribution in [1.82, 2.24) is 9.13 Å². The molecule has 0 N–H and O–H groups in total. The van der Waals surface area contributed by atoms with Crippen molar-refractivity contribution in [3.63, 3.8) is 0 Å². The molecule has 0 spiro atoms. The molecule has 0 radical (unpaired) electrons. The lowest BCUT2D eigenvalue weighted by Gasteiger charge is -2.21. The molecule has 172 valence electrons. The van der Waals surface area contributed by atoms with Crippen molar-refractivity contribution < 1.29 is 0 Å². The first-order valence-electron chi connectivity index (χ1n) is 12.7. The van der Waals surface area contributed by atoms with Gasteiger partial charge in [0.25, 0.3) is 0 Å². The van der Waals surface area contributed by atoms with Crippen LogP contribution in [0.2, 0.25) is 0 Å². The molecular formula is C34H26N2.